The summed E-state index contributed by atoms with van der Waals surface area (Å²) in [4.78, 5) is 36.4. The number of rotatable bonds is 4. The fraction of sp³-hybridized carbons (Fsp3) is 0.111. The van der Waals surface area contributed by atoms with E-state index in [1.807, 2.05) is 0 Å². The zero-order valence-electron chi connectivity index (χ0n) is 14.2. The highest BCUT2D eigenvalue weighted by Crippen LogP contribution is 2.22. The summed E-state index contributed by atoms with van der Waals surface area (Å²) < 4.78 is 6.35. The molecule has 0 bridgehead atoms. The van der Waals surface area contributed by atoms with Crippen LogP contribution in [0.2, 0.25) is 5.02 Å². The maximum absolute atomic E-state index is 12.4. The van der Waals surface area contributed by atoms with Crippen LogP contribution in [0.1, 0.15) is 10.5 Å². The first-order valence-electron chi connectivity index (χ1n) is 7.90. The number of halogens is 1. The Kier molecular flexibility index (Phi) is 5.37. The lowest BCUT2D eigenvalue weighted by Gasteiger charge is -2.11. The summed E-state index contributed by atoms with van der Waals surface area (Å²) >= 11 is 5.94. The van der Waals surface area contributed by atoms with Gasteiger partial charge in [0.1, 0.15) is 5.75 Å². The van der Waals surface area contributed by atoms with Crippen LogP contribution in [0.15, 0.2) is 53.3 Å². The summed E-state index contributed by atoms with van der Waals surface area (Å²) in [5.41, 5.74) is 4.19. The molecule has 2 amide bonds. The van der Waals surface area contributed by atoms with Crippen molar-refractivity contribution >= 4 is 34.2 Å². The van der Waals surface area contributed by atoms with E-state index in [1.54, 1.807) is 48.5 Å². The molecule has 1 heterocycles. The number of amides is 2. The highest BCUT2D eigenvalue weighted by molar-refractivity contribution is 6.32. The summed E-state index contributed by atoms with van der Waals surface area (Å²) in [5.74, 6) is -0.892. The van der Waals surface area contributed by atoms with E-state index in [0.717, 1.165) is 4.68 Å². The van der Waals surface area contributed by atoms with Crippen molar-refractivity contribution in [2.24, 2.45) is 7.05 Å². The van der Waals surface area contributed by atoms with Gasteiger partial charge in [-0.3, -0.25) is 25.2 Å². The molecule has 3 aromatic rings. The highest BCUT2D eigenvalue weighted by atomic mass is 35.5. The van der Waals surface area contributed by atoms with Gasteiger partial charge in [0, 0.05) is 12.4 Å². The van der Waals surface area contributed by atoms with Gasteiger partial charge in [-0.1, -0.05) is 41.9 Å². The van der Waals surface area contributed by atoms with Crippen molar-refractivity contribution in [1.29, 1.82) is 0 Å². The number of hydrogen-bond donors (Lipinski definition) is 2. The predicted octanol–water partition coefficient (Wildman–Crippen LogP) is 1.43. The van der Waals surface area contributed by atoms with E-state index in [4.69, 9.17) is 16.3 Å². The molecule has 9 heteroatoms. The van der Waals surface area contributed by atoms with Crippen molar-refractivity contribution in [3.63, 3.8) is 0 Å². The molecule has 0 aliphatic carbocycles. The zero-order chi connectivity index (χ0) is 19.4. The second kappa shape index (κ2) is 7.88. The number of benzene rings is 2. The van der Waals surface area contributed by atoms with Crippen LogP contribution in [0.5, 0.6) is 5.75 Å². The molecule has 2 aromatic carbocycles. The Balaban J connectivity index is 1.67. The first kappa shape index (κ1) is 18.4. The van der Waals surface area contributed by atoms with Gasteiger partial charge in [0.25, 0.3) is 17.4 Å². The molecule has 0 radical (unpaired) electrons. The largest absolute Gasteiger partial charge is 0.482 e. The Morgan fingerprint density at radius 3 is 2.48 bits per heavy atom. The van der Waals surface area contributed by atoms with E-state index in [2.05, 4.69) is 16.0 Å². The molecule has 0 unspecified atom stereocenters. The van der Waals surface area contributed by atoms with E-state index < -0.39 is 11.8 Å². The van der Waals surface area contributed by atoms with Crippen LogP contribution in [-0.4, -0.2) is 28.2 Å². The lowest BCUT2D eigenvalue weighted by molar-refractivity contribution is -0.123. The molecule has 3 rings (SSSR count). The summed E-state index contributed by atoms with van der Waals surface area (Å²) in [5, 5.41) is 5.09. The van der Waals surface area contributed by atoms with Gasteiger partial charge in [-0.2, -0.15) is 5.10 Å². The smallest absolute Gasteiger partial charge is 0.290 e. The second-order valence-corrected chi connectivity index (χ2v) is 5.95. The quantitative estimate of drug-likeness (QED) is 0.660. The minimum Gasteiger partial charge on any atom is -0.482 e. The van der Waals surface area contributed by atoms with Crippen LogP contribution in [0.4, 0.5) is 0 Å². The number of carbonyl (C=O) groups excluding carboxylic acids is 2. The highest BCUT2D eigenvalue weighted by Gasteiger charge is 2.16. The molecular formula is C18H15ClN4O4. The molecule has 0 aliphatic rings. The molecule has 0 saturated heterocycles. The van der Waals surface area contributed by atoms with E-state index in [-0.39, 0.29) is 17.9 Å². The Labute approximate surface area is 158 Å². The van der Waals surface area contributed by atoms with E-state index >= 15 is 0 Å². The van der Waals surface area contributed by atoms with Crippen molar-refractivity contribution < 1.29 is 14.3 Å². The van der Waals surface area contributed by atoms with Crippen LogP contribution in [0.25, 0.3) is 10.8 Å². The number of para-hydroxylation sites is 1. The molecule has 2 N–H and O–H groups in total. The summed E-state index contributed by atoms with van der Waals surface area (Å²) in [6.45, 7) is -0.342. The average molecular weight is 387 g/mol. The number of aryl methyl sites for hydroxylation is 1. The molecule has 0 fully saturated rings. The Hall–Kier alpha value is -3.39. The molecule has 1 aromatic heterocycles. The number of fused-ring (bicyclic) bond motifs is 1. The summed E-state index contributed by atoms with van der Waals surface area (Å²) in [7, 11) is 1.45. The third-order valence-corrected chi connectivity index (χ3v) is 3.99. The van der Waals surface area contributed by atoms with Crippen LogP contribution in [0, 0.1) is 0 Å². The maximum atomic E-state index is 12.4. The number of hydrazine groups is 1. The molecule has 0 atom stereocenters. The fourth-order valence-electron chi connectivity index (χ4n) is 2.39. The van der Waals surface area contributed by atoms with Crippen LogP contribution < -0.4 is 21.1 Å². The van der Waals surface area contributed by atoms with Gasteiger partial charge < -0.3 is 4.74 Å². The number of hydrogen-bond acceptors (Lipinski definition) is 5. The van der Waals surface area contributed by atoms with E-state index in [9.17, 15) is 14.4 Å². The molecule has 0 aliphatic heterocycles. The maximum Gasteiger partial charge on any atom is 0.290 e. The first-order chi connectivity index (χ1) is 13.0. The Bertz CT molecular complexity index is 1080. The molecule has 0 spiro atoms. The minimum absolute atomic E-state index is 0.0139. The van der Waals surface area contributed by atoms with Gasteiger partial charge in [-0.15, -0.1) is 0 Å². The zero-order valence-corrected chi connectivity index (χ0v) is 15.0. The van der Waals surface area contributed by atoms with Crippen molar-refractivity contribution in [3.05, 3.63) is 69.6 Å². The summed E-state index contributed by atoms with van der Waals surface area (Å²) in [6, 6.07) is 13.3. The topological polar surface area (TPSA) is 102 Å². The number of carbonyl (C=O) groups is 2. The third-order valence-electron chi connectivity index (χ3n) is 3.68. The van der Waals surface area contributed by atoms with Crippen molar-refractivity contribution in [2.45, 2.75) is 0 Å². The van der Waals surface area contributed by atoms with Gasteiger partial charge in [0.05, 0.1) is 10.4 Å². The lowest BCUT2D eigenvalue weighted by atomic mass is 10.1. The van der Waals surface area contributed by atoms with Crippen molar-refractivity contribution in [3.8, 4) is 5.75 Å². The van der Waals surface area contributed by atoms with E-state index in [0.29, 0.717) is 21.5 Å². The molecule has 8 nitrogen and oxygen atoms in total. The van der Waals surface area contributed by atoms with Gasteiger partial charge in [0.15, 0.2) is 12.3 Å². The van der Waals surface area contributed by atoms with Crippen molar-refractivity contribution in [2.75, 3.05) is 6.61 Å². The van der Waals surface area contributed by atoms with Crippen molar-refractivity contribution in [1.82, 2.24) is 20.6 Å². The lowest BCUT2D eigenvalue weighted by Crippen LogP contribution is -2.44. The number of nitrogens with one attached hydrogen (secondary N) is 2. The fourth-order valence-corrected chi connectivity index (χ4v) is 2.58. The number of aromatic nitrogens is 2. The van der Waals surface area contributed by atoms with Gasteiger partial charge in [0.2, 0.25) is 0 Å². The van der Waals surface area contributed by atoms with Gasteiger partial charge in [-0.25, -0.2) is 4.68 Å². The number of ether oxygens (including phenoxy) is 1. The number of nitrogens with zero attached hydrogens (tertiary/aromatic N) is 2. The average Bonchev–Trinajstić information content (AvgIpc) is 2.68. The Morgan fingerprint density at radius 2 is 1.74 bits per heavy atom. The minimum atomic E-state index is -0.659. The van der Waals surface area contributed by atoms with E-state index in [1.165, 1.54) is 7.05 Å². The molecule has 0 saturated carbocycles. The first-order valence-corrected chi connectivity index (χ1v) is 8.27. The monoisotopic (exact) mass is 386 g/mol. The standard InChI is InChI=1S/C18H15ClN4O4/c1-23-18(26)12-7-3-2-6-11(12)16(22-23)17(25)21-20-15(24)10-27-14-9-5-4-8-13(14)19/h2-9H,10H2,1H3,(H,20,24)(H,21,25). The van der Waals surface area contributed by atoms with Gasteiger partial charge >= 0.3 is 0 Å². The van der Waals surface area contributed by atoms with Crippen LogP contribution in [-0.2, 0) is 11.8 Å². The van der Waals surface area contributed by atoms with Crippen LogP contribution >= 0.6 is 11.6 Å². The molecule has 138 valence electrons. The second-order valence-electron chi connectivity index (χ2n) is 5.54. The Morgan fingerprint density at radius 1 is 1.07 bits per heavy atom. The van der Waals surface area contributed by atoms with Crippen LogP contribution in [0.3, 0.4) is 0 Å². The predicted molar refractivity (Wildman–Crippen MR) is 99.5 cm³/mol. The SMILES string of the molecule is Cn1nc(C(=O)NNC(=O)COc2ccccc2Cl)c2ccccc2c1=O. The normalized spacial score (nSPS) is 10.4. The van der Waals surface area contributed by atoms with Gasteiger partial charge in [-0.05, 0) is 18.2 Å². The molecule has 27 heavy (non-hydrogen) atoms. The summed E-state index contributed by atoms with van der Waals surface area (Å²) in [6.07, 6.45) is 0. The molecular weight excluding hydrogens is 372 g/mol. The third kappa shape index (κ3) is 4.06.